The molecule has 2 fully saturated rings. The van der Waals surface area contributed by atoms with E-state index in [2.05, 4.69) is 43.9 Å². The second-order valence-electron chi connectivity index (χ2n) is 26.1. The maximum Gasteiger partial charge on any atom is 0.246 e. The van der Waals surface area contributed by atoms with Crippen molar-refractivity contribution in [2.24, 2.45) is 17.8 Å². The third kappa shape index (κ3) is 21.6. The van der Waals surface area contributed by atoms with Gasteiger partial charge in [0.05, 0.1) is 26.1 Å². The fourth-order valence-electron chi connectivity index (χ4n) is 11.1. The van der Waals surface area contributed by atoms with Gasteiger partial charge in [0.25, 0.3) is 0 Å². The molecule has 24 nitrogen and oxygen atoms in total. The minimum Gasteiger partial charge on any atom is -0.343 e. The minimum atomic E-state index is -1.69. The number of hydrogen-bond donors (Lipinski definition) is 4. The van der Waals surface area contributed by atoms with Crippen LogP contribution in [-0.4, -0.2) is 240 Å². The van der Waals surface area contributed by atoms with E-state index in [9.17, 15) is 52.7 Å². The van der Waals surface area contributed by atoms with Gasteiger partial charge in [-0.2, -0.15) is 0 Å². The summed E-state index contributed by atoms with van der Waals surface area (Å²) >= 11 is 8.34. The van der Waals surface area contributed by atoms with E-state index in [0.29, 0.717) is 48.5 Å². The number of likely N-dealkylation sites (N-methyl/N-ethyl adjacent to an activating group) is 7. The molecule has 0 aliphatic carbocycles. The first-order valence-electron chi connectivity index (χ1n) is 31.8. The molecule has 2 aliphatic heterocycles. The number of rotatable bonds is 12. The molecule has 0 bridgehead atoms. The van der Waals surface area contributed by atoms with Crippen LogP contribution in [0.3, 0.4) is 0 Å². The second-order valence-corrected chi connectivity index (χ2v) is 27.8. The molecule has 26 heteroatoms. The minimum absolute atomic E-state index is 0.0384. The van der Waals surface area contributed by atoms with E-state index < -0.39 is 151 Å². The third-order valence-electron chi connectivity index (χ3n) is 17.6. The van der Waals surface area contributed by atoms with Gasteiger partial charge >= 0.3 is 0 Å². The van der Waals surface area contributed by atoms with Gasteiger partial charge in [-0.25, -0.2) is 0 Å². The molecular weight excluding hydrogens is 1320 g/mol. The van der Waals surface area contributed by atoms with Crippen LogP contribution in [-0.2, 0) is 70.4 Å². The highest BCUT2D eigenvalue weighted by atomic mass is 127. The number of nitrogens with one attached hydrogen (secondary N) is 4. The van der Waals surface area contributed by atoms with Crippen LogP contribution < -0.4 is 21.3 Å². The molecule has 2 aromatic carbocycles. The topological polar surface area (TPSA) is 279 Å². The van der Waals surface area contributed by atoms with Crippen LogP contribution in [0.15, 0.2) is 48.5 Å². The van der Waals surface area contributed by atoms with Crippen LogP contribution >= 0.6 is 34.2 Å². The molecule has 4 rings (SSSR count). The highest BCUT2D eigenvalue weighted by Gasteiger charge is 2.44. The van der Waals surface area contributed by atoms with Gasteiger partial charge in [0.15, 0.2) is 0 Å². The molecule has 12 amide bonds. The van der Waals surface area contributed by atoms with Gasteiger partial charge in [0.1, 0.15) is 47.8 Å². The summed E-state index contributed by atoms with van der Waals surface area (Å²) in [4.78, 5) is 185. The van der Waals surface area contributed by atoms with Crippen molar-refractivity contribution in [2.45, 2.75) is 174 Å². The van der Waals surface area contributed by atoms with Gasteiger partial charge in [0.2, 0.25) is 70.9 Å². The van der Waals surface area contributed by atoms with Gasteiger partial charge in [0, 0.05) is 83.9 Å². The Morgan fingerprint density at radius 1 is 0.587 bits per heavy atom. The fourth-order valence-corrected chi connectivity index (χ4v) is 11.8. The Morgan fingerprint density at radius 2 is 1.17 bits per heavy atom. The molecule has 510 valence electrons. The van der Waals surface area contributed by atoms with Crippen molar-refractivity contribution in [3.63, 3.8) is 0 Å². The molecule has 4 N–H and O–H groups in total. The third-order valence-corrected chi connectivity index (χ3v) is 18.5. The van der Waals surface area contributed by atoms with E-state index in [1.807, 2.05) is 46.8 Å². The Bertz CT molecular complexity index is 2960. The Kier molecular flexibility index (Phi) is 29.8. The van der Waals surface area contributed by atoms with Crippen LogP contribution in [0.2, 0.25) is 5.02 Å². The molecule has 2 aromatic rings. The lowest BCUT2D eigenvalue weighted by Gasteiger charge is -2.39. The highest BCUT2D eigenvalue weighted by Crippen LogP contribution is 2.24. The summed E-state index contributed by atoms with van der Waals surface area (Å²) in [6.07, 6.45) is 2.28. The molecule has 2 heterocycles. The number of halogens is 2. The summed E-state index contributed by atoms with van der Waals surface area (Å²) in [6, 6.07) is 4.99. The SMILES string of the molecule is CC[C@@H]1NC(=O)[C@H](Cc2cccc(I)c2)NC(=O)CN(C)C(=O)[C@H](Cc2ccc(Cl)cc2)N(C)C(=O)CN(C)C(=O)CN(C)C(=O)[C@H]([C@@H](C)CC)NC(=O)[C@H](CC(C)C)N(C)C(=O)C[C@@H](C(=O)N2CCCCC2)N(C)C(=O)[C@H](CC(C)C)NC(=O)C(C)(C)N(C)C1=O. The number of hydrogen-bond acceptors (Lipinski definition) is 12. The van der Waals surface area contributed by atoms with Gasteiger partial charge in [-0.15, -0.1) is 0 Å². The van der Waals surface area contributed by atoms with Crippen LogP contribution in [0.1, 0.15) is 125 Å². The normalized spacial score (nSPS) is 24.2. The average molecular weight is 1420 g/mol. The number of amides is 12. The zero-order chi connectivity index (χ0) is 69.2. The van der Waals surface area contributed by atoms with Crippen molar-refractivity contribution in [1.82, 2.24) is 60.5 Å². The Hall–Kier alpha value is -6.90. The van der Waals surface area contributed by atoms with E-state index >= 15 is 4.79 Å². The maximum absolute atomic E-state index is 15.1. The molecule has 92 heavy (non-hydrogen) atoms. The van der Waals surface area contributed by atoms with Crippen molar-refractivity contribution in [2.75, 3.05) is 82.1 Å². The molecule has 0 aromatic heterocycles. The van der Waals surface area contributed by atoms with E-state index in [0.717, 1.165) is 29.6 Å². The molecule has 0 saturated carbocycles. The van der Waals surface area contributed by atoms with Crippen LogP contribution in [0, 0.1) is 21.3 Å². The van der Waals surface area contributed by atoms with Gasteiger partial charge in [-0.3, -0.25) is 57.5 Å². The summed E-state index contributed by atoms with van der Waals surface area (Å²) in [5, 5.41) is 11.7. The number of likely N-dealkylation sites (tertiary alicyclic amines) is 1. The van der Waals surface area contributed by atoms with Crippen molar-refractivity contribution >= 4 is 105 Å². The molecule has 8 atom stereocenters. The predicted octanol–water partition coefficient (Wildman–Crippen LogP) is 3.73. The molecule has 0 radical (unpaired) electrons. The quantitative estimate of drug-likeness (QED) is 0.221. The van der Waals surface area contributed by atoms with Gasteiger partial charge < -0.3 is 60.5 Å². The fraction of sp³-hybridized carbons (Fsp3) is 0.636. The lowest BCUT2D eigenvalue weighted by molar-refractivity contribution is -0.152. The maximum atomic E-state index is 15.1. The highest BCUT2D eigenvalue weighted by molar-refractivity contribution is 14.1. The van der Waals surface area contributed by atoms with Crippen molar-refractivity contribution in [1.29, 1.82) is 0 Å². The monoisotopic (exact) mass is 1410 g/mol. The van der Waals surface area contributed by atoms with Crippen LogP contribution in [0.5, 0.6) is 0 Å². The number of carbonyl (C=O) groups is 12. The van der Waals surface area contributed by atoms with Crippen LogP contribution in [0.4, 0.5) is 0 Å². The Balaban J connectivity index is 1.86. The van der Waals surface area contributed by atoms with E-state index in [-0.39, 0.29) is 43.9 Å². The molecule has 0 spiro atoms. The van der Waals surface area contributed by atoms with E-state index in [4.69, 9.17) is 11.6 Å². The zero-order valence-electron chi connectivity index (χ0n) is 56.7. The summed E-state index contributed by atoms with van der Waals surface area (Å²) in [5.74, 6) is -8.93. The van der Waals surface area contributed by atoms with Crippen molar-refractivity contribution in [3.05, 3.63) is 68.3 Å². The standard InChI is InChI=1S/C66H100ClIN12O12/c1-17-42(7)57-64(91)75(12)38-55(83)73(10)39-56(84)77(14)51(35-43-25-27-45(67)28-26-43)62(89)74(11)37-53(81)69-48(34-44-23-22-24-46(68)33-44)58(85)70-47(18-2)61(88)79(16)66(8,9)65(92)71-49(31-40(3)4)60(87)78(15)52(63(90)80-29-20-19-21-30-80)36-54(82)76(13)50(32-41(5)6)59(86)72-57/h22-28,33,40-42,47-52,57H,17-21,29-32,34-39H2,1-16H3,(H,69,81)(H,70,85)(H,71,92)(H,72,86)/t42-,47-,48-,49-,50-,51-,52-,57-/m0/s1. The summed E-state index contributed by atoms with van der Waals surface area (Å²) in [5.41, 5.74) is -0.423. The van der Waals surface area contributed by atoms with E-state index in [1.54, 1.807) is 55.1 Å². The summed E-state index contributed by atoms with van der Waals surface area (Å²) in [6.45, 7) is 14.7. The van der Waals surface area contributed by atoms with Gasteiger partial charge in [-0.05, 0) is 128 Å². The predicted molar refractivity (Wildman–Crippen MR) is 359 cm³/mol. The largest absolute Gasteiger partial charge is 0.343 e. The van der Waals surface area contributed by atoms with Crippen molar-refractivity contribution in [3.8, 4) is 0 Å². The Morgan fingerprint density at radius 3 is 1.75 bits per heavy atom. The first-order chi connectivity index (χ1) is 43.0. The zero-order valence-corrected chi connectivity index (χ0v) is 59.6. The van der Waals surface area contributed by atoms with Crippen molar-refractivity contribution < 1.29 is 57.5 Å². The lowest BCUT2D eigenvalue weighted by atomic mass is 9.95. The molecular formula is C66H100ClIN12O12. The second kappa shape index (κ2) is 35.4. The Labute approximate surface area is 562 Å². The molecule has 0 unspecified atom stereocenters. The molecule has 2 saturated heterocycles. The van der Waals surface area contributed by atoms with Gasteiger partial charge in [-0.1, -0.05) is 90.8 Å². The number of piperidine rings is 1. The first-order valence-corrected chi connectivity index (χ1v) is 33.3. The number of benzene rings is 2. The summed E-state index contributed by atoms with van der Waals surface area (Å²) < 4.78 is 0.841. The first kappa shape index (κ1) is 77.5. The smallest absolute Gasteiger partial charge is 0.246 e. The lowest BCUT2D eigenvalue weighted by Crippen LogP contribution is -2.63. The average Bonchev–Trinajstić information content (AvgIpc) is 0.834. The van der Waals surface area contributed by atoms with Crippen LogP contribution in [0.25, 0.3) is 0 Å². The summed E-state index contributed by atoms with van der Waals surface area (Å²) in [7, 11) is 9.73. The van der Waals surface area contributed by atoms with E-state index in [1.165, 1.54) is 77.9 Å². The number of nitrogens with zero attached hydrogens (tertiary/aromatic N) is 8. The number of carbonyl (C=O) groups excluding carboxylic acids is 12. The molecule has 2 aliphatic rings.